The fourth-order valence-corrected chi connectivity index (χ4v) is 2.91. The highest BCUT2D eigenvalue weighted by Crippen LogP contribution is 2.28. The number of hydrogen-bond donors (Lipinski definition) is 1. The van der Waals surface area contributed by atoms with Crippen molar-refractivity contribution in [1.82, 2.24) is 9.91 Å². The van der Waals surface area contributed by atoms with Crippen molar-refractivity contribution in [3.63, 3.8) is 0 Å². The maximum absolute atomic E-state index is 10.2. The maximum Gasteiger partial charge on any atom is 0.166 e. The van der Waals surface area contributed by atoms with Crippen LogP contribution in [-0.4, -0.2) is 54.0 Å². The molecule has 25 heavy (non-hydrogen) atoms. The number of ether oxygens (including phenoxy) is 1. The van der Waals surface area contributed by atoms with Crippen LogP contribution in [0.25, 0.3) is 0 Å². The summed E-state index contributed by atoms with van der Waals surface area (Å²) in [6, 6.07) is 16.0. The minimum Gasteiger partial charge on any atom is -0.504 e. The Bertz CT molecular complexity index is 695. The molecular formula is C20H25N3O2. The summed E-state index contributed by atoms with van der Waals surface area (Å²) in [7, 11) is 0. The lowest BCUT2D eigenvalue weighted by molar-refractivity contribution is 0.131. The van der Waals surface area contributed by atoms with Gasteiger partial charge in [-0.3, -0.25) is 9.91 Å². The first-order valence-corrected chi connectivity index (χ1v) is 8.76. The number of hydrogen-bond acceptors (Lipinski definition) is 5. The number of benzene rings is 2. The monoisotopic (exact) mass is 339 g/mol. The van der Waals surface area contributed by atoms with E-state index in [1.807, 2.05) is 30.1 Å². The molecule has 5 heteroatoms. The molecule has 1 fully saturated rings. The second kappa shape index (κ2) is 8.53. The topological polar surface area (TPSA) is 48.3 Å². The van der Waals surface area contributed by atoms with Crippen molar-refractivity contribution in [2.24, 2.45) is 5.10 Å². The standard InChI is InChI=1S/C20H25N3O2/c1-2-25-19-10-6-9-18(20(19)24)15-21-23-13-11-22(12-14-23)16-17-7-4-3-5-8-17/h3-10,15,24H,2,11-14,16H2,1H3/b21-15-. The average molecular weight is 339 g/mol. The van der Waals surface area contributed by atoms with E-state index in [9.17, 15) is 5.11 Å². The van der Waals surface area contributed by atoms with E-state index < -0.39 is 0 Å². The van der Waals surface area contributed by atoms with Crippen LogP contribution in [0, 0.1) is 0 Å². The van der Waals surface area contributed by atoms with Crippen molar-refractivity contribution in [2.45, 2.75) is 13.5 Å². The van der Waals surface area contributed by atoms with Gasteiger partial charge in [-0.15, -0.1) is 0 Å². The summed E-state index contributed by atoms with van der Waals surface area (Å²) < 4.78 is 5.41. The molecule has 1 aliphatic heterocycles. The zero-order valence-electron chi connectivity index (χ0n) is 14.6. The van der Waals surface area contributed by atoms with Crippen molar-refractivity contribution in [3.8, 4) is 11.5 Å². The third-order valence-electron chi connectivity index (χ3n) is 4.29. The number of piperazine rings is 1. The lowest BCUT2D eigenvalue weighted by atomic mass is 10.2. The van der Waals surface area contributed by atoms with Crippen LogP contribution < -0.4 is 4.74 Å². The molecule has 5 nitrogen and oxygen atoms in total. The Labute approximate surface area is 149 Å². The van der Waals surface area contributed by atoms with Crippen LogP contribution in [0.5, 0.6) is 11.5 Å². The highest BCUT2D eigenvalue weighted by atomic mass is 16.5. The molecule has 1 N–H and O–H groups in total. The zero-order chi connectivity index (χ0) is 17.5. The summed E-state index contributed by atoms with van der Waals surface area (Å²) in [5.74, 6) is 0.648. The molecule has 0 saturated carbocycles. The summed E-state index contributed by atoms with van der Waals surface area (Å²) in [4.78, 5) is 2.44. The number of hydrazone groups is 1. The summed E-state index contributed by atoms with van der Waals surface area (Å²) in [5, 5.41) is 16.8. The number of para-hydroxylation sites is 1. The molecule has 0 bridgehead atoms. The Balaban J connectivity index is 1.54. The van der Waals surface area contributed by atoms with Crippen LogP contribution >= 0.6 is 0 Å². The van der Waals surface area contributed by atoms with E-state index in [0.717, 1.165) is 32.7 Å². The second-order valence-electron chi connectivity index (χ2n) is 6.09. The van der Waals surface area contributed by atoms with E-state index in [1.165, 1.54) is 5.56 Å². The van der Waals surface area contributed by atoms with Crippen molar-refractivity contribution >= 4 is 6.21 Å². The smallest absolute Gasteiger partial charge is 0.166 e. The van der Waals surface area contributed by atoms with Gasteiger partial charge in [0.15, 0.2) is 11.5 Å². The van der Waals surface area contributed by atoms with Crippen LogP contribution in [0.1, 0.15) is 18.1 Å². The van der Waals surface area contributed by atoms with Crippen LogP contribution in [0.3, 0.4) is 0 Å². The number of nitrogens with zero attached hydrogens (tertiary/aromatic N) is 3. The molecule has 0 atom stereocenters. The minimum absolute atomic E-state index is 0.149. The van der Waals surface area contributed by atoms with E-state index >= 15 is 0 Å². The largest absolute Gasteiger partial charge is 0.504 e. The predicted molar refractivity (Wildman–Crippen MR) is 100 cm³/mol. The molecular weight excluding hydrogens is 314 g/mol. The van der Waals surface area contributed by atoms with Gasteiger partial charge in [-0.2, -0.15) is 5.10 Å². The summed E-state index contributed by atoms with van der Waals surface area (Å²) in [6.07, 6.45) is 1.71. The third-order valence-corrected chi connectivity index (χ3v) is 4.29. The second-order valence-corrected chi connectivity index (χ2v) is 6.09. The highest BCUT2D eigenvalue weighted by Gasteiger charge is 2.15. The molecule has 0 aliphatic carbocycles. The Morgan fingerprint density at radius 1 is 1.04 bits per heavy atom. The van der Waals surface area contributed by atoms with Gasteiger partial charge in [0.2, 0.25) is 0 Å². The van der Waals surface area contributed by atoms with Gasteiger partial charge in [0.05, 0.1) is 12.8 Å². The summed E-state index contributed by atoms with van der Waals surface area (Å²) >= 11 is 0. The fraction of sp³-hybridized carbons (Fsp3) is 0.350. The predicted octanol–water partition coefficient (Wildman–Crippen LogP) is 2.94. The van der Waals surface area contributed by atoms with Gasteiger partial charge in [-0.05, 0) is 24.6 Å². The molecule has 0 amide bonds. The zero-order valence-corrected chi connectivity index (χ0v) is 14.6. The lowest BCUT2D eigenvalue weighted by Gasteiger charge is -2.33. The van der Waals surface area contributed by atoms with Gasteiger partial charge in [0, 0.05) is 38.3 Å². The maximum atomic E-state index is 10.2. The van der Waals surface area contributed by atoms with Crippen LogP contribution in [0.2, 0.25) is 0 Å². The average Bonchev–Trinajstić information content (AvgIpc) is 2.65. The fourth-order valence-electron chi connectivity index (χ4n) is 2.91. The first-order valence-electron chi connectivity index (χ1n) is 8.76. The Hall–Kier alpha value is -2.53. The molecule has 0 unspecified atom stereocenters. The number of rotatable bonds is 6. The van der Waals surface area contributed by atoms with Crippen molar-refractivity contribution < 1.29 is 9.84 Å². The first kappa shape index (κ1) is 17.3. The SMILES string of the molecule is CCOc1cccc(/C=N\N2CCN(Cc3ccccc3)CC2)c1O. The molecule has 3 rings (SSSR count). The van der Waals surface area contributed by atoms with Gasteiger partial charge in [0.1, 0.15) is 0 Å². The molecule has 2 aromatic rings. The highest BCUT2D eigenvalue weighted by molar-refractivity contribution is 5.84. The normalized spacial score (nSPS) is 15.6. The van der Waals surface area contributed by atoms with Gasteiger partial charge < -0.3 is 9.84 Å². The van der Waals surface area contributed by atoms with E-state index in [0.29, 0.717) is 17.9 Å². The quantitative estimate of drug-likeness (QED) is 0.822. The number of phenolic OH excluding ortho intramolecular Hbond substituents is 1. The number of aromatic hydroxyl groups is 1. The Morgan fingerprint density at radius 2 is 1.80 bits per heavy atom. The third kappa shape index (κ3) is 4.73. The number of phenols is 1. The molecule has 1 heterocycles. The molecule has 0 spiro atoms. The molecule has 132 valence electrons. The summed E-state index contributed by atoms with van der Waals surface area (Å²) in [5.41, 5.74) is 2.02. The van der Waals surface area contributed by atoms with E-state index in [-0.39, 0.29) is 5.75 Å². The molecule has 2 aromatic carbocycles. The van der Waals surface area contributed by atoms with Crippen LogP contribution in [0.4, 0.5) is 0 Å². The molecule has 1 saturated heterocycles. The molecule has 0 radical (unpaired) electrons. The van der Waals surface area contributed by atoms with Crippen LogP contribution in [-0.2, 0) is 6.54 Å². The molecule has 1 aliphatic rings. The Kier molecular flexibility index (Phi) is 5.90. The van der Waals surface area contributed by atoms with E-state index in [4.69, 9.17) is 4.74 Å². The van der Waals surface area contributed by atoms with Gasteiger partial charge in [-0.25, -0.2) is 0 Å². The molecule has 0 aromatic heterocycles. The van der Waals surface area contributed by atoms with Crippen molar-refractivity contribution in [3.05, 3.63) is 59.7 Å². The van der Waals surface area contributed by atoms with Crippen molar-refractivity contribution in [2.75, 3.05) is 32.8 Å². The van der Waals surface area contributed by atoms with Gasteiger partial charge in [0.25, 0.3) is 0 Å². The summed E-state index contributed by atoms with van der Waals surface area (Å²) in [6.45, 7) is 7.14. The Morgan fingerprint density at radius 3 is 2.52 bits per heavy atom. The first-order chi connectivity index (χ1) is 12.3. The van der Waals surface area contributed by atoms with Crippen molar-refractivity contribution in [1.29, 1.82) is 0 Å². The van der Waals surface area contributed by atoms with Gasteiger partial charge >= 0.3 is 0 Å². The van der Waals surface area contributed by atoms with E-state index in [2.05, 4.69) is 34.3 Å². The minimum atomic E-state index is 0.149. The lowest BCUT2D eigenvalue weighted by Crippen LogP contribution is -2.43. The van der Waals surface area contributed by atoms with Gasteiger partial charge in [-0.1, -0.05) is 36.4 Å². The van der Waals surface area contributed by atoms with E-state index in [1.54, 1.807) is 12.3 Å². The van der Waals surface area contributed by atoms with Crippen LogP contribution in [0.15, 0.2) is 53.6 Å².